The highest BCUT2D eigenvalue weighted by molar-refractivity contribution is 5.86. The molecule has 0 spiro atoms. The van der Waals surface area contributed by atoms with Crippen molar-refractivity contribution in [2.45, 2.75) is 6.54 Å². The SMILES string of the molecule is c1ccc2c(c1)ccn2CC1=NCCN1. The van der Waals surface area contributed by atoms with Crippen LogP contribution in [0.2, 0.25) is 0 Å². The third-order valence-electron chi connectivity index (χ3n) is 2.74. The van der Waals surface area contributed by atoms with E-state index in [9.17, 15) is 0 Å². The molecule has 1 aromatic heterocycles. The Kier molecular flexibility index (Phi) is 1.95. The number of nitrogens with zero attached hydrogens (tertiary/aromatic N) is 2. The van der Waals surface area contributed by atoms with Gasteiger partial charge >= 0.3 is 0 Å². The van der Waals surface area contributed by atoms with Crippen molar-refractivity contribution in [1.29, 1.82) is 0 Å². The number of aliphatic imine (C=N–C) groups is 1. The Bertz CT molecular complexity index is 510. The van der Waals surface area contributed by atoms with Crippen molar-refractivity contribution in [3.8, 4) is 0 Å². The lowest BCUT2D eigenvalue weighted by molar-refractivity contribution is 0.863. The molecule has 0 radical (unpaired) electrons. The Morgan fingerprint density at radius 1 is 1.27 bits per heavy atom. The molecule has 76 valence electrons. The number of nitrogens with one attached hydrogen (secondary N) is 1. The number of hydrogen-bond donors (Lipinski definition) is 1. The topological polar surface area (TPSA) is 29.3 Å². The van der Waals surface area contributed by atoms with Crippen LogP contribution in [0.1, 0.15) is 0 Å². The van der Waals surface area contributed by atoms with Gasteiger partial charge in [0.15, 0.2) is 0 Å². The molecule has 0 saturated heterocycles. The van der Waals surface area contributed by atoms with E-state index < -0.39 is 0 Å². The molecule has 2 aromatic rings. The van der Waals surface area contributed by atoms with Crippen molar-refractivity contribution >= 4 is 16.7 Å². The molecule has 0 bridgehead atoms. The zero-order chi connectivity index (χ0) is 10.1. The van der Waals surface area contributed by atoms with Crippen LogP contribution in [-0.2, 0) is 6.54 Å². The number of hydrogen-bond acceptors (Lipinski definition) is 2. The van der Waals surface area contributed by atoms with E-state index in [1.165, 1.54) is 10.9 Å². The van der Waals surface area contributed by atoms with Gasteiger partial charge in [-0.3, -0.25) is 4.99 Å². The van der Waals surface area contributed by atoms with Crippen LogP contribution < -0.4 is 5.32 Å². The largest absolute Gasteiger partial charge is 0.370 e. The van der Waals surface area contributed by atoms with Crippen molar-refractivity contribution in [2.75, 3.05) is 13.1 Å². The van der Waals surface area contributed by atoms with Crippen molar-refractivity contribution in [2.24, 2.45) is 4.99 Å². The molecule has 0 amide bonds. The van der Waals surface area contributed by atoms with E-state index in [1.54, 1.807) is 0 Å². The number of amidine groups is 1. The predicted octanol–water partition coefficient (Wildman–Crippen LogP) is 1.64. The standard InChI is InChI=1S/C12H13N3/c1-2-4-11-10(3-1)5-8-15(11)9-12-13-6-7-14-12/h1-5,8H,6-7,9H2,(H,13,14). The summed E-state index contributed by atoms with van der Waals surface area (Å²) in [5, 5.41) is 4.58. The molecule has 0 fully saturated rings. The summed E-state index contributed by atoms with van der Waals surface area (Å²) in [6.07, 6.45) is 2.12. The molecule has 0 saturated carbocycles. The average Bonchev–Trinajstić information content (AvgIpc) is 2.89. The Labute approximate surface area is 88.4 Å². The lowest BCUT2D eigenvalue weighted by Crippen LogP contribution is -2.23. The maximum absolute atomic E-state index is 4.40. The molecule has 3 heteroatoms. The van der Waals surface area contributed by atoms with Gasteiger partial charge in [-0.25, -0.2) is 0 Å². The Morgan fingerprint density at radius 3 is 3.07 bits per heavy atom. The molecule has 2 heterocycles. The van der Waals surface area contributed by atoms with E-state index in [1.807, 2.05) is 0 Å². The van der Waals surface area contributed by atoms with Crippen molar-refractivity contribution < 1.29 is 0 Å². The second-order valence-electron chi connectivity index (χ2n) is 3.76. The van der Waals surface area contributed by atoms with E-state index in [0.29, 0.717) is 0 Å². The number of rotatable bonds is 2. The van der Waals surface area contributed by atoms with Gasteiger partial charge in [0, 0.05) is 18.3 Å². The van der Waals surface area contributed by atoms with Crippen LogP contribution in [0, 0.1) is 0 Å². The van der Waals surface area contributed by atoms with E-state index in [0.717, 1.165) is 25.5 Å². The number of para-hydroxylation sites is 1. The molecule has 3 rings (SSSR count). The first-order valence-electron chi connectivity index (χ1n) is 5.24. The van der Waals surface area contributed by atoms with Crippen molar-refractivity contribution in [3.05, 3.63) is 36.5 Å². The van der Waals surface area contributed by atoms with Crippen LogP contribution in [0.25, 0.3) is 10.9 Å². The number of fused-ring (bicyclic) bond motifs is 1. The highest BCUT2D eigenvalue weighted by atomic mass is 15.1. The molecule has 1 aliphatic rings. The average molecular weight is 199 g/mol. The summed E-state index contributed by atoms with van der Waals surface area (Å²) < 4.78 is 2.23. The van der Waals surface area contributed by atoms with Gasteiger partial charge in [-0.1, -0.05) is 18.2 Å². The monoisotopic (exact) mass is 199 g/mol. The smallest absolute Gasteiger partial charge is 0.117 e. The third kappa shape index (κ3) is 1.50. The first-order valence-corrected chi connectivity index (χ1v) is 5.24. The lowest BCUT2D eigenvalue weighted by atomic mass is 10.2. The molecule has 0 atom stereocenters. The summed E-state index contributed by atoms with van der Waals surface area (Å²) in [4.78, 5) is 4.40. The summed E-state index contributed by atoms with van der Waals surface area (Å²) >= 11 is 0. The molecule has 0 aliphatic carbocycles. The maximum Gasteiger partial charge on any atom is 0.117 e. The van der Waals surface area contributed by atoms with Crippen LogP contribution in [-0.4, -0.2) is 23.5 Å². The summed E-state index contributed by atoms with van der Waals surface area (Å²) in [5.41, 5.74) is 1.27. The minimum absolute atomic E-state index is 0.855. The van der Waals surface area contributed by atoms with Gasteiger partial charge in [0.25, 0.3) is 0 Å². The zero-order valence-electron chi connectivity index (χ0n) is 8.48. The quantitative estimate of drug-likeness (QED) is 0.782. The van der Waals surface area contributed by atoms with Crippen LogP contribution in [0.15, 0.2) is 41.5 Å². The fourth-order valence-corrected chi connectivity index (χ4v) is 1.99. The maximum atomic E-state index is 4.40. The first-order chi connectivity index (χ1) is 7.43. The molecule has 1 aliphatic heterocycles. The highest BCUT2D eigenvalue weighted by Crippen LogP contribution is 2.14. The van der Waals surface area contributed by atoms with E-state index in [4.69, 9.17) is 0 Å². The molecule has 3 nitrogen and oxygen atoms in total. The third-order valence-corrected chi connectivity index (χ3v) is 2.74. The Hall–Kier alpha value is -1.77. The normalized spacial score (nSPS) is 15.3. The van der Waals surface area contributed by atoms with E-state index in [-0.39, 0.29) is 0 Å². The summed E-state index contributed by atoms with van der Waals surface area (Å²) in [5.74, 6) is 1.09. The summed E-state index contributed by atoms with van der Waals surface area (Å²) in [7, 11) is 0. The van der Waals surface area contributed by atoms with Crippen LogP contribution in [0.4, 0.5) is 0 Å². The fraction of sp³-hybridized carbons (Fsp3) is 0.250. The van der Waals surface area contributed by atoms with E-state index in [2.05, 4.69) is 51.4 Å². The van der Waals surface area contributed by atoms with E-state index >= 15 is 0 Å². The van der Waals surface area contributed by atoms with Gasteiger partial charge in [-0.15, -0.1) is 0 Å². The molecule has 1 N–H and O–H groups in total. The number of benzene rings is 1. The lowest BCUT2D eigenvalue weighted by Gasteiger charge is -2.05. The van der Waals surface area contributed by atoms with Crippen LogP contribution >= 0.6 is 0 Å². The fourth-order valence-electron chi connectivity index (χ4n) is 1.99. The van der Waals surface area contributed by atoms with Crippen molar-refractivity contribution in [3.63, 3.8) is 0 Å². The van der Waals surface area contributed by atoms with Gasteiger partial charge in [-0.2, -0.15) is 0 Å². The molecular formula is C12H13N3. The molecular weight excluding hydrogens is 186 g/mol. The molecule has 15 heavy (non-hydrogen) atoms. The summed E-state index contributed by atoms with van der Waals surface area (Å²) in [6.45, 7) is 2.75. The molecule has 1 aromatic carbocycles. The second kappa shape index (κ2) is 3.42. The summed E-state index contributed by atoms with van der Waals surface area (Å²) in [6, 6.07) is 10.6. The van der Waals surface area contributed by atoms with Crippen LogP contribution in [0.5, 0.6) is 0 Å². The molecule has 0 unspecified atom stereocenters. The van der Waals surface area contributed by atoms with Crippen LogP contribution in [0.3, 0.4) is 0 Å². The minimum Gasteiger partial charge on any atom is -0.370 e. The Morgan fingerprint density at radius 2 is 2.20 bits per heavy atom. The van der Waals surface area contributed by atoms with Gasteiger partial charge in [0.05, 0.1) is 13.1 Å². The minimum atomic E-state index is 0.855. The second-order valence-corrected chi connectivity index (χ2v) is 3.76. The van der Waals surface area contributed by atoms with Gasteiger partial charge < -0.3 is 9.88 Å². The highest BCUT2D eigenvalue weighted by Gasteiger charge is 2.06. The van der Waals surface area contributed by atoms with Crippen molar-refractivity contribution in [1.82, 2.24) is 9.88 Å². The Balaban J connectivity index is 1.97. The first kappa shape index (κ1) is 8.53. The predicted molar refractivity (Wildman–Crippen MR) is 62.2 cm³/mol. The van der Waals surface area contributed by atoms with Gasteiger partial charge in [-0.05, 0) is 17.5 Å². The number of aromatic nitrogens is 1. The van der Waals surface area contributed by atoms with Gasteiger partial charge in [0.2, 0.25) is 0 Å². The zero-order valence-corrected chi connectivity index (χ0v) is 8.48. The van der Waals surface area contributed by atoms with Gasteiger partial charge in [0.1, 0.15) is 5.84 Å².